The first-order valence-electron chi connectivity index (χ1n) is 8.00. The zero-order valence-electron chi connectivity index (χ0n) is 14.1. The third kappa shape index (κ3) is 5.74. The first-order chi connectivity index (χ1) is 12.0. The Balaban J connectivity index is 1.74. The van der Waals surface area contributed by atoms with Gasteiger partial charge in [0.05, 0.1) is 17.5 Å². The zero-order valence-corrected chi connectivity index (χ0v) is 14.1. The first-order valence-corrected chi connectivity index (χ1v) is 8.00. The number of hydrogen-bond acceptors (Lipinski definition) is 6. The Morgan fingerprint density at radius 3 is 2.72 bits per heavy atom. The molecule has 0 saturated heterocycles. The van der Waals surface area contributed by atoms with Gasteiger partial charge in [0.1, 0.15) is 12.7 Å². The number of carbonyl (C=O) groups is 1. The largest absolute Gasteiger partial charge is 0.445 e. The van der Waals surface area contributed by atoms with E-state index in [2.05, 4.69) is 10.3 Å². The molecule has 1 amide bonds. The average molecular weight is 345 g/mol. The second-order valence-electron chi connectivity index (χ2n) is 5.78. The van der Waals surface area contributed by atoms with Crippen LogP contribution in [0.15, 0.2) is 42.6 Å². The number of nitrogens with two attached hydrogens (primary N) is 1. The van der Waals surface area contributed by atoms with Gasteiger partial charge in [-0.05, 0) is 30.5 Å². The Kier molecular flexibility index (Phi) is 6.73. The standard InChI is InChI=1S/C18H23N3O4/c1-12-9-14(19)16(21-10-12)17(23)15(22)7-8-20-18(24)25-11-13-5-3-2-4-6-13/h2-6,9-10,15,17,22-23H,7-8,11,19H2,1H3,(H,20,24). The number of ether oxygens (including phenoxy) is 1. The van der Waals surface area contributed by atoms with Gasteiger partial charge in [0.2, 0.25) is 0 Å². The van der Waals surface area contributed by atoms with E-state index in [1.54, 1.807) is 12.3 Å². The molecule has 1 aromatic carbocycles. The van der Waals surface area contributed by atoms with Crippen LogP contribution in [0.1, 0.15) is 29.3 Å². The quantitative estimate of drug-likeness (QED) is 0.606. The van der Waals surface area contributed by atoms with Crippen molar-refractivity contribution < 1.29 is 19.7 Å². The molecule has 5 N–H and O–H groups in total. The maximum atomic E-state index is 11.6. The minimum absolute atomic E-state index is 0.136. The van der Waals surface area contributed by atoms with Gasteiger partial charge in [0.25, 0.3) is 0 Å². The van der Waals surface area contributed by atoms with E-state index < -0.39 is 18.3 Å². The first kappa shape index (κ1) is 18.7. The number of amides is 1. The molecule has 0 bridgehead atoms. The van der Waals surface area contributed by atoms with Crippen molar-refractivity contribution in [3.05, 3.63) is 59.4 Å². The number of aromatic nitrogens is 1. The summed E-state index contributed by atoms with van der Waals surface area (Å²) in [6.07, 6.45) is -1.20. The Morgan fingerprint density at radius 2 is 2.04 bits per heavy atom. The summed E-state index contributed by atoms with van der Waals surface area (Å²) < 4.78 is 5.06. The lowest BCUT2D eigenvalue weighted by Gasteiger charge is -2.19. The molecule has 2 unspecified atom stereocenters. The second-order valence-corrected chi connectivity index (χ2v) is 5.78. The average Bonchev–Trinajstić information content (AvgIpc) is 2.60. The fourth-order valence-electron chi connectivity index (χ4n) is 2.29. The van der Waals surface area contributed by atoms with Gasteiger partial charge in [-0.1, -0.05) is 30.3 Å². The van der Waals surface area contributed by atoms with Crippen LogP contribution in [0.5, 0.6) is 0 Å². The lowest BCUT2D eigenvalue weighted by Crippen LogP contribution is -2.30. The fraction of sp³-hybridized carbons (Fsp3) is 0.333. The van der Waals surface area contributed by atoms with E-state index in [1.807, 2.05) is 37.3 Å². The van der Waals surface area contributed by atoms with Crippen molar-refractivity contribution in [2.24, 2.45) is 0 Å². The summed E-state index contributed by atoms with van der Waals surface area (Å²) in [6.45, 7) is 2.15. The molecule has 2 aromatic rings. The van der Waals surface area contributed by atoms with E-state index in [0.717, 1.165) is 11.1 Å². The smallest absolute Gasteiger partial charge is 0.407 e. The highest BCUT2D eigenvalue weighted by Crippen LogP contribution is 2.22. The van der Waals surface area contributed by atoms with Crippen molar-refractivity contribution in [2.45, 2.75) is 32.2 Å². The SMILES string of the molecule is Cc1cnc(C(O)C(O)CCNC(=O)OCc2ccccc2)c(N)c1. The Labute approximate surface area is 146 Å². The van der Waals surface area contributed by atoms with Crippen molar-refractivity contribution in [3.8, 4) is 0 Å². The number of aryl methyl sites for hydroxylation is 1. The summed E-state index contributed by atoms with van der Waals surface area (Å²) in [4.78, 5) is 15.7. The lowest BCUT2D eigenvalue weighted by atomic mass is 10.0. The van der Waals surface area contributed by atoms with Crippen LogP contribution in [0.2, 0.25) is 0 Å². The minimum Gasteiger partial charge on any atom is -0.445 e. The summed E-state index contributed by atoms with van der Waals surface area (Å²) in [5, 5.41) is 22.7. The molecule has 2 rings (SSSR count). The molecule has 0 saturated carbocycles. The van der Waals surface area contributed by atoms with Crippen LogP contribution in [0, 0.1) is 6.92 Å². The predicted octanol–water partition coefficient (Wildman–Crippen LogP) is 1.68. The number of nitrogen functional groups attached to an aromatic ring is 1. The van der Waals surface area contributed by atoms with E-state index in [0.29, 0.717) is 5.69 Å². The maximum absolute atomic E-state index is 11.6. The summed E-state index contributed by atoms with van der Waals surface area (Å²) in [5.41, 5.74) is 8.11. The number of benzene rings is 1. The van der Waals surface area contributed by atoms with Gasteiger partial charge in [0, 0.05) is 12.7 Å². The van der Waals surface area contributed by atoms with Gasteiger partial charge in [-0.15, -0.1) is 0 Å². The molecule has 1 aromatic heterocycles. The van der Waals surface area contributed by atoms with Crippen LogP contribution in [0.25, 0.3) is 0 Å². The number of nitrogens with zero attached hydrogens (tertiary/aromatic N) is 1. The van der Waals surface area contributed by atoms with Crippen LogP contribution < -0.4 is 11.1 Å². The monoisotopic (exact) mass is 345 g/mol. The molecule has 0 fully saturated rings. The normalized spacial score (nSPS) is 13.1. The number of hydrogen-bond donors (Lipinski definition) is 4. The third-order valence-corrected chi connectivity index (χ3v) is 3.65. The molecule has 0 aliphatic rings. The van der Waals surface area contributed by atoms with Crippen LogP contribution >= 0.6 is 0 Å². The number of alkyl carbamates (subject to hydrolysis) is 1. The van der Waals surface area contributed by atoms with E-state index in [9.17, 15) is 15.0 Å². The van der Waals surface area contributed by atoms with E-state index in [1.165, 1.54) is 0 Å². The molecule has 25 heavy (non-hydrogen) atoms. The number of nitrogens with one attached hydrogen (secondary N) is 1. The highest BCUT2D eigenvalue weighted by Gasteiger charge is 2.22. The van der Waals surface area contributed by atoms with Crippen LogP contribution in [-0.4, -0.2) is 33.9 Å². The minimum atomic E-state index is -1.22. The summed E-state index contributed by atoms with van der Waals surface area (Å²) in [5.74, 6) is 0. The molecule has 7 nitrogen and oxygen atoms in total. The summed E-state index contributed by atoms with van der Waals surface area (Å²) in [7, 11) is 0. The Morgan fingerprint density at radius 1 is 1.32 bits per heavy atom. The molecule has 0 radical (unpaired) electrons. The van der Waals surface area contributed by atoms with Crippen molar-refractivity contribution in [2.75, 3.05) is 12.3 Å². The van der Waals surface area contributed by atoms with Crippen molar-refractivity contribution in [1.82, 2.24) is 10.3 Å². The third-order valence-electron chi connectivity index (χ3n) is 3.65. The number of aliphatic hydroxyl groups is 2. The van der Waals surface area contributed by atoms with Crippen LogP contribution in [0.4, 0.5) is 10.5 Å². The molecule has 0 aliphatic heterocycles. The van der Waals surface area contributed by atoms with E-state index in [4.69, 9.17) is 10.5 Å². The number of rotatable bonds is 7. The number of carbonyl (C=O) groups excluding carboxylic acids is 1. The number of pyridine rings is 1. The summed E-state index contributed by atoms with van der Waals surface area (Å²) >= 11 is 0. The Hall–Kier alpha value is -2.64. The highest BCUT2D eigenvalue weighted by molar-refractivity contribution is 5.67. The molecule has 2 atom stereocenters. The molecular weight excluding hydrogens is 322 g/mol. The predicted molar refractivity (Wildman–Crippen MR) is 93.6 cm³/mol. The van der Waals surface area contributed by atoms with Gasteiger partial charge in [-0.3, -0.25) is 4.98 Å². The van der Waals surface area contributed by atoms with Gasteiger partial charge in [0.15, 0.2) is 0 Å². The van der Waals surface area contributed by atoms with E-state index in [-0.39, 0.29) is 25.3 Å². The lowest BCUT2D eigenvalue weighted by molar-refractivity contribution is 0.0116. The second kappa shape index (κ2) is 9.00. The van der Waals surface area contributed by atoms with Crippen LogP contribution in [-0.2, 0) is 11.3 Å². The molecule has 1 heterocycles. The molecule has 0 spiro atoms. The molecule has 7 heteroatoms. The molecular formula is C18H23N3O4. The zero-order chi connectivity index (χ0) is 18.2. The summed E-state index contributed by atoms with van der Waals surface area (Å²) in [6, 6.07) is 11.0. The van der Waals surface area contributed by atoms with Crippen molar-refractivity contribution in [3.63, 3.8) is 0 Å². The van der Waals surface area contributed by atoms with Gasteiger partial charge >= 0.3 is 6.09 Å². The fourth-order valence-corrected chi connectivity index (χ4v) is 2.29. The molecule has 0 aliphatic carbocycles. The molecule has 134 valence electrons. The van der Waals surface area contributed by atoms with Crippen molar-refractivity contribution in [1.29, 1.82) is 0 Å². The number of aliphatic hydroxyl groups excluding tert-OH is 2. The topological polar surface area (TPSA) is 118 Å². The highest BCUT2D eigenvalue weighted by atomic mass is 16.5. The maximum Gasteiger partial charge on any atom is 0.407 e. The van der Waals surface area contributed by atoms with Gasteiger partial charge in [-0.2, -0.15) is 0 Å². The van der Waals surface area contributed by atoms with E-state index >= 15 is 0 Å². The van der Waals surface area contributed by atoms with Gasteiger partial charge in [-0.25, -0.2) is 4.79 Å². The Bertz CT molecular complexity index is 694. The van der Waals surface area contributed by atoms with Gasteiger partial charge < -0.3 is 26.0 Å². The van der Waals surface area contributed by atoms with Crippen molar-refractivity contribution >= 4 is 11.8 Å². The number of anilines is 1. The van der Waals surface area contributed by atoms with Crippen LogP contribution in [0.3, 0.4) is 0 Å².